The summed E-state index contributed by atoms with van der Waals surface area (Å²) in [5.74, 6) is -1.44. The van der Waals surface area contributed by atoms with Gasteiger partial charge in [-0.25, -0.2) is 4.39 Å². The molecule has 2 aromatic rings. The average Bonchev–Trinajstić information content (AvgIpc) is 2.53. The van der Waals surface area contributed by atoms with Crippen LogP contribution in [0.15, 0.2) is 36.4 Å². The van der Waals surface area contributed by atoms with Gasteiger partial charge >= 0.3 is 5.97 Å². The summed E-state index contributed by atoms with van der Waals surface area (Å²) in [6, 6.07) is 10.7. The van der Waals surface area contributed by atoms with Crippen LogP contribution in [0.2, 0.25) is 5.02 Å². The smallest absolute Gasteiger partial charge is 0.308 e. The van der Waals surface area contributed by atoms with Crippen LogP contribution in [0, 0.1) is 11.7 Å². The van der Waals surface area contributed by atoms with Crippen molar-refractivity contribution in [3.63, 3.8) is 0 Å². The number of carbonyl (C=O) groups is 1. The minimum atomic E-state index is -0.776. The molecule has 1 aliphatic heterocycles. The van der Waals surface area contributed by atoms with Crippen molar-refractivity contribution in [1.82, 2.24) is 0 Å². The van der Waals surface area contributed by atoms with Crippen molar-refractivity contribution in [3.8, 4) is 0 Å². The van der Waals surface area contributed by atoms with Crippen LogP contribution >= 0.6 is 11.6 Å². The number of benzene rings is 2. The monoisotopic (exact) mass is 333 g/mol. The Morgan fingerprint density at radius 1 is 1.30 bits per heavy atom. The molecule has 0 amide bonds. The summed E-state index contributed by atoms with van der Waals surface area (Å²) in [4.78, 5) is 11.1. The molecule has 0 bridgehead atoms. The van der Waals surface area contributed by atoms with Gasteiger partial charge in [0, 0.05) is 22.8 Å². The second-order valence-electron chi connectivity index (χ2n) is 5.81. The van der Waals surface area contributed by atoms with Crippen molar-refractivity contribution < 1.29 is 14.3 Å². The number of halogens is 2. The van der Waals surface area contributed by atoms with Crippen molar-refractivity contribution >= 4 is 23.3 Å². The molecule has 0 aromatic heterocycles. The van der Waals surface area contributed by atoms with E-state index < -0.39 is 5.97 Å². The van der Waals surface area contributed by atoms with E-state index in [2.05, 4.69) is 5.32 Å². The lowest BCUT2D eigenvalue weighted by molar-refractivity contribution is -0.141. The number of carboxylic acids is 1. The van der Waals surface area contributed by atoms with Gasteiger partial charge in [-0.05, 0) is 48.6 Å². The Kier molecular flexibility index (Phi) is 4.53. The van der Waals surface area contributed by atoms with Crippen molar-refractivity contribution in [1.29, 1.82) is 0 Å². The quantitative estimate of drug-likeness (QED) is 0.891. The second-order valence-corrected chi connectivity index (χ2v) is 6.22. The van der Waals surface area contributed by atoms with Crippen LogP contribution in [0.1, 0.15) is 16.7 Å². The number of hydrogen-bond donors (Lipinski definition) is 2. The zero-order valence-corrected chi connectivity index (χ0v) is 13.2. The van der Waals surface area contributed by atoms with Crippen LogP contribution in [0.5, 0.6) is 0 Å². The van der Waals surface area contributed by atoms with E-state index in [4.69, 9.17) is 16.7 Å². The Morgan fingerprint density at radius 2 is 2.13 bits per heavy atom. The third kappa shape index (κ3) is 3.48. The molecule has 0 radical (unpaired) electrons. The highest BCUT2D eigenvalue weighted by Gasteiger charge is 2.23. The maximum Gasteiger partial charge on any atom is 0.308 e. The van der Waals surface area contributed by atoms with Gasteiger partial charge < -0.3 is 10.4 Å². The van der Waals surface area contributed by atoms with E-state index >= 15 is 0 Å². The highest BCUT2D eigenvalue weighted by Crippen LogP contribution is 2.27. The molecule has 0 fully saturated rings. The molecule has 0 saturated carbocycles. The Bertz CT molecular complexity index is 728. The van der Waals surface area contributed by atoms with Crippen molar-refractivity contribution in [2.75, 3.05) is 11.9 Å². The molecule has 2 aromatic carbocycles. The number of aryl methyl sites for hydroxylation is 1. The normalized spacial score (nSPS) is 16.5. The number of fused-ring (bicyclic) bond motifs is 1. The molecule has 1 aliphatic rings. The first-order chi connectivity index (χ1) is 11.0. The van der Waals surface area contributed by atoms with Gasteiger partial charge in [-0.1, -0.05) is 29.8 Å². The number of carboxylic acid groups (broad SMARTS) is 1. The van der Waals surface area contributed by atoms with Crippen LogP contribution in [-0.4, -0.2) is 17.6 Å². The number of rotatable bonds is 4. The van der Waals surface area contributed by atoms with Gasteiger partial charge in [0.15, 0.2) is 0 Å². The molecule has 2 N–H and O–H groups in total. The molecule has 1 atom stereocenters. The van der Waals surface area contributed by atoms with Gasteiger partial charge in [0.05, 0.1) is 5.92 Å². The van der Waals surface area contributed by atoms with Gasteiger partial charge in [0.25, 0.3) is 0 Å². The summed E-state index contributed by atoms with van der Waals surface area (Å²) in [7, 11) is 0. The standard InChI is InChI=1S/C18H17ClFNO2/c19-15-2-1-3-16(20)14(15)7-5-11-4-6-12-9-13(18(22)23)10-21-17(12)8-11/h1-4,6,8,13,21H,5,7,9-10H2,(H,22,23). The van der Waals surface area contributed by atoms with Crippen LogP contribution in [0.25, 0.3) is 0 Å². The first kappa shape index (κ1) is 15.8. The molecule has 0 aliphatic carbocycles. The SMILES string of the molecule is O=C(O)C1CNc2cc(CCc3c(F)cccc3Cl)ccc2C1. The third-order valence-corrected chi connectivity index (χ3v) is 4.61. The van der Waals surface area contributed by atoms with E-state index in [0.717, 1.165) is 16.8 Å². The lowest BCUT2D eigenvalue weighted by atomic mass is 9.92. The Balaban J connectivity index is 1.72. The van der Waals surface area contributed by atoms with Crippen LogP contribution in [-0.2, 0) is 24.1 Å². The summed E-state index contributed by atoms with van der Waals surface area (Å²) >= 11 is 6.05. The molecular weight excluding hydrogens is 317 g/mol. The summed E-state index contributed by atoms with van der Waals surface area (Å²) in [5, 5.41) is 12.7. The van der Waals surface area contributed by atoms with Crippen LogP contribution in [0.4, 0.5) is 10.1 Å². The highest BCUT2D eigenvalue weighted by molar-refractivity contribution is 6.31. The van der Waals surface area contributed by atoms with E-state index in [1.807, 2.05) is 18.2 Å². The first-order valence-electron chi connectivity index (χ1n) is 7.56. The maximum atomic E-state index is 13.8. The van der Waals surface area contributed by atoms with Crippen molar-refractivity contribution in [3.05, 3.63) is 63.9 Å². The summed E-state index contributed by atoms with van der Waals surface area (Å²) in [6.45, 7) is 0.435. The summed E-state index contributed by atoms with van der Waals surface area (Å²) < 4.78 is 13.8. The molecular formula is C18H17ClFNO2. The predicted octanol–water partition coefficient (Wildman–Crippen LogP) is 3.93. The molecule has 0 saturated heterocycles. The molecule has 1 unspecified atom stereocenters. The maximum absolute atomic E-state index is 13.8. The molecule has 1 heterocycles. The van der Waals surface area contributed by atoms with Crippen molar-refractivity contribution in [2.24, 2.45) is 5.92 Å². The summed E-state index contributed by atoms with van der Waals surface area (Å²) in [5.41, 5.74) is 3.59. The minimum Gasteiger partial charge on any atom is -0.481 e. The van der Waals surface area contributed by atoms with E-state index in [1.165, 1.54) is 6.07 Å². The largest absolute Gasteiger partial charge is 0.481 e. The third-order valence-electron chi connectivity index (χ3n) is 4.25. The van der Waals surface area contributed by atoms with Gasteiger partial charge in [-0.3, -0.25) is 4.79 Å². The van der Waals surface area contributed by atoms with Crippen molar-refractivity contribution in [2.45, 2.75) is 19.3 Å². The second kappa shape index (κ2) is 6.59. The highest BCUT2D eigenvalue weighted by atomic mass is 35.5. The fourth-order valence-corrected chi connectivity index (χ4v) is 3.17. The molecule has 3 nitrogen and oxygen atoms in total. The Morgan fingerprint density at radius 3 is 2.87 bits per heavy atom. The molecule has 23 heavy (non-hydrogen) atoms. The zero-order valence-electron chi connectivity index (χ0n) is 12.5. The average molecular weight is 334 g/mol. The minimum absolute atomic E-state index is 0.280. The molecule has 5 heteroatoms. The molecule has 3 rings (SSSR count). The van der Waals surface area contributed by atoms with E-state index in [9.17, 15) is 9.18 Å². The van der Waals surface area contributed by atoms with Gasteiger partial charge in [-0.2, -0.15) is 0 Å². The lowest BCUT2D eigenvalue weighted by Gasteiger charge is -2.24. The fraction of sp³-hybridized carbons (Fsp3) is 0.278. The zero-order chi connectivity index (χ0) is 16.4. The number of hydrogen-bond acceptors (Lipinski definition) is 2. The Hall–Kier alpha value is -2.07. The predicted molar refractivity (Wildman–Crippen MR) is 88.6 cm³/mol. The van der Waals surface area contributed by atoms with E-state index in [-0.39, 0.29) is 11.7 Å². The van der Waals surface area contributed by atoms with Gasteiger partial charge in [-0.15, -0.1) is 0 Å². The number of nitrogens with one attached hydrogen (secondary N) is 1. The molecule has 0 spiro atoms. The summed E-state index contributed by atoms with van der Waals surface area (Å²) in [6.07, 6.45) is 1.75. The van der Waals surface area contributed by atoms with Crippen LogP contribution in [0.3, 0.4) is 0 Å². The van der Waals surface area contributed by atoms with E-state index in [0.29, 0.717) is 36.4 Å². The van der Waals surface area contributed by atoms with Crippen LogP contribution < -0.4 is 5.32 Å². The van der Waals surface area contributed by atoms with E-state index in [1.54, 1.807) is 12.1 Å². The van der Waals surface area contributed by atoms with Gasteiger partial charge in [0.2, 0.25) is 0 Å². The lowest BCUT2D eigenvalue weighted by Crippen LogP contribution is -2.29. The number of aliphatic carboxylic acids is 1. The number of anilines is 1. The topological polar surface area (TPSA) is 49.3 Å². The fourth-order valence-electron chi connectivity index (χ4n) is 2.91. The Labute approximate surface area is 139 Å². The van der Waals surface area contributed by atoms with Gasteiger partial charge in [0.1, 0.15) is 5.82 Å². The first-order valence-corrected chi connectivity index (χ1v) is 7.94. The molecule has 120 valence electrons.